The van der Waals surface area contributed by atoms with Crippen LogP contribution in [0, 0.1) is 28.6 Å². The van der Waals surface area contributed by atoms with Crippen molar-refractivity contribution >= 4 is 0 Å². The van der Waals surface area contributed by atoms with Gasteiger partial charge >= 0.3 is 0 Å². The smallest absolute Gasteiger partial charge is 0.0642 e. The second kappa shape index (κ2) is 7.67. The molecule has 0 spiro atoms. The van der Waals surface area contributed by atoms with E-state index in [0.717, 1.165) is 18.4 Å². The fourth-order valence-corrected chi connectivity index (χ4v) is 5.70. The van der Waals surface area contributed by atoms with E-state index in [1.807, 2.05) is 0 Å². The van der Waals surface area contributed by atoms with Crippen molar-refractivity contribution in [2.24, 2.45) is 28.6 Å². The molecule has 0 heterocycles. The maximum atomic E-state index is 9.89. The number of aliphatic hydroxyl groups is 3. The van der Waals surface area contributed by atoms with Crippen molar-refractivity contribution in [3.05, 3.63) is 11.6 Å². The molecule has 2 aliphatic rings. The minimum atomic E-state index is 0.00981. The second-order valence-corrected chi connectivity index (χ2v) is 8.52. The summed E-state index contributed by atoms with van der Waals surface area (Å²) in [4.78, 5) is 0. The van der Waals surface area contributed by atoms with E-state index in [1.54, 1.807) is 6.08 Å². The third kappa shape index (κ3) is 3.52. The summed E-state index contributed by atoms with van der Waals surface area (Å²) in [7, 11) is 0. The van der Waals surface area contributed by atoms with Gasteiger partial charge in [0.1, 0.15) is 0 Å². The van der Waals surface area contributed by atoms with Crippen molar-refractivity contribution in [3.63, 3.8) is 0 Å². The van der Waals surface area contributed by atoms with Crippen LogP contribution < -0.4 is 0 Å². The Balaban J connectivity index is 2.21. The Labute approximate surface area is 141 Å². The topological polar surface area (TPSA) is 60.7 Å². The maximum absolute atomic E-state index is 9.89. The highest BCUT2D eigenvalue weighted by Gasteiger charge is 2.55. The van der Waals surface area contributed by atoms with Gasteiger partial charge < -0.3 is 15.3 Å². The fourth-order valence-electron chi connectivity index (χ4n) is 5.70. The molecule has 3 nitrogen and oxygen atoms in total. The van der Waals surface area contributed by atoms with Crippen LogP contribution in [0.3, 0.4) is 0 Å². The summed E-state index contributed by atoms with van der Waals surface area (Å²) in [6, 6.07) is 0. The lowest BCUT2D eigenvalue weighted by atomic mass is 9.44. The zero-order chi connectivity index (χ0) is 17.1. The van der Waals surface area contributed by atoms with Gasteiger partial charge in [0, 0.05) is 6.61 Å². The van der Waals surface area contributed by atoms with Crippen molar-refractivity contribution in [2.75, 3.05) is 19.8 Å². The largest absolute Gasteiger partial charge is 0.396 e. The van der Waals surface area contributed by atoms with Gasteiger partial charge in [0.15, 0.2) is 0 Å². The van der Waals surface area contributed by atoms with Crippen molar-refractivity contribution < 1.29 is 15.3 Å². The molecule has 0 aromatic heterocycles. The summed E-state index contributed by atoms with van der Waals surface area (Å²) in [6.45, 7) is 7.62. The Hall–Kier alpha value is -0.380. The monoisotopic (exact) mass is 324 g/mol. The van der Waals surface area contributed by atoms with Crippen LogP contribution in [0.2, 0.25) is 0 Å². The normalized spacial score (nSPS) is 41.7. The first-order chi connectivity index (χ1) is 10.9. The van der Waals surface area contributed by atoms with Gasteiger partial charge in [-0.3, -0.25) is 0 Å². The van der Waals surface area contributed by atoms with Crippen LogP contribution in [-0.4, -0.2) is 35.1 Å². The molecule has 2 fully saturated rings. The van der Waals surface area contributed by atoms with E-state index in [2.05, 4.69) is 20.8 Å². The van der Waals surface area contributed by atoms with E-state index >= 15 is 0 Å². The van der Waals surface area contributed by atoms with Crippen LogP contribution in [0.1, 0.15) is 65.7 Å². The minimum Gasteiger partial charge on any atom is -0.396 e. The number of fused-ring (bicyclic) bond motifs is 1. The Kier molecular flexibility index (Phi) is 6.32. The highest BCUT2D eigenvalue weighted by atomic mass is 16.3. The Morgan fingerprint density at radius 2 is 1.87 bits per heavy atom. The summed E-state index contributed by atoms with van der Waals surface area (Å²) in [5.41, 5.74) is 1.47. The van der Waals surface area contributed by atoms with Gasteiger partial charge in [0.2, 0.25) is 0 Å². The van der Waals surface area contributed by atoms with Gasteiger partial charge in [-0.15, -0.1) is 0 Å². The van der Waals surface area contributed by atoms with Crippen LogP contribution in [0.25, 0.3) is 0 Å². The molecule has 0 unspecified atom stereocenters. The third-order valence-electron chi connectivity index (χ3n) is 7.60. The standard InChI is InChI=1S/C20H36O3/c1-15-7-10-20(3)17(14-23)5-4-6-18(20)19(15,2)11-8-16(13-22)9-12-21/h9,15,17-18,21-23H,4-8,10-14H2,1-3H3/b16-9-/t15-,17-,18-,19+,20+/m1/s1. The highest BCUT2D eigenvalue weighted by molar-refractivity contribution is 5.08. The molecule has 3 heteroatoms. The first-order valence-corrected chi connectivity index (χ1v) is 9.42. The molecule has 2 aliphatic carbocycles. The van der Waals surface area contributed by atoms with Crippen LogP contribution in [0.5, 0.6) is 0 Å². The molecule has 2 saturated carbocycles. The zero-order valence-corrected chi connectivity index (χ0v) is 15.2. The lowest BCUT2D eigenvalue weighted by Crippen LogP contribution is -2.53. The van der Waals surface area contributed by atoms with E-state index in [9.17, 15) is 10.2 Å². The average molecular weight is 325 g/mol. The highest BCUT2D eigenvalue weighted by Crippen LogP contribution is 2.63. The minimum absolute atomic E-state index is 0.00981. The summed E-state index contributed by atoms with van der Waals surface area (Å²) in [5, 5.41) is 28.5. The van der Waals surface area contributed by atoms with E-state index in [-0.39, 0.29) is 24.0 Å². The Morgan fingerprint density at radius 3 is 2.48 bits per heavy atom. The van der Waals surface area contributed by atoms with Gasteiger partial charge in [0.25, 0.3) is 0 Å². The van der Waals surface area contributed by atoms with E-state index < -0.39 is 0 Å². The Bertz CT molecular complexity index is 419. The molecular formula is C20H36O3. The molecule has 23 heavy (non-hydrogen) atoms. The zero-order valence-electron chi connectivity index (χ0n) is 15.2. The lowest BCUT2D eigenvalue weighted by molar-refractivity contribution is -0.122. The molecule has 0 radical (unpaired) electrons. The van der Waals surface area contributed by atoms with Crippen LogP contribution >= 0.6 is 0 Å². The van der Waals surface area contributed by atoms with Gasteiger partial charge in [-0.1, -0.05) is 33.3 Å². The third-order valence-corrected chi connectivity index (χ3v) is 7.60. The van der Waals surface area contributed by atoms with Crippen LogP contribution in [0.15, 0.2) is 11.6 Å². The second-order valence-electron chi connectivity index (χ2n) is 8.52. The average Bonchev–Trinajstić information content (AvgIpc) is 2.55. The fraction of sp³-hybridized carbons (Fsp3) is 0.900. The predicted octanol–water partition coefficient (Wildman–Crippen LogP) is 3.53. The molecule has 2 rings (SSSR count). The molecular weight excluding hydrogens is 288 g/mol. The maximum Gasteiger partial charge on any atom is 0.0642 e. The summed E-state index contributed by atoms with van der Waals surface area (Å²) >= 11 is 0. The van der Waals surface area contributed by atoms with E-state index in [1.165, 1.54) is 32.1 Å². The predicted molar refractivity (Wildman–Crippen MR) is 94.0 cm³/mol. The molecule has 3 N–H and O–H groups in total. The van der Waals surface area contributed by atoms with Crippen molar-refractivity contribution in [1.82, 2.24) is 0 Å². The number of hydrogen-bond donors (Lipinski definition) is 3. The SMILES string of the molecule is C[C@@H]1CC[C@@]2(C)[C@@H](CO)CCC[C@@H]2[C@@]1(C)CC/C(=C/CO)CO. The van der Waals surface area contributed by atoms with Crippen LogP contribution in [0.4, 0.5) is 0 Å². The molecule has 0 aromatic carbocycles. The first kappa shape index (κ1) is 19.0. The lowest BCUT2D eigenvalue weighted by Gasteiger charge is -2.60. The molecule has 0 saturated heterocycles. The van der Waals surface area contributed by atoms with Gasteiger partial charge in [0.05, 0.1) is 13.2 Å². The van der Waals surface area contributed by atoms with Crippen molar-refractivity contribution in [3.8, 4) is 0 Å². The van der Waals surface area contributed by atoms with E-state index in [4.69, 9.17) is 5.11 Å². The van der Waals surface area contributed by atoms with E-state index in [0.29, 0.717) is 24.4 Å². The molecule has 0 aromatic rings. The summed E-state index contributed by atoms with van der Waals surface area (Å²) < 4.78 is 0. The summed E-state index contributed by atoms with van der Waals surface area (Å²) in [5.74, 6) is 1.77. The van der Waals surface area contributed by atoms with Gasteiger partial charge in [-0.25, -0.2) is 0 Å². The molecule has 0 bridgehead atoms. The molecule has 134 valence electrons. The van der Waals surface area contributed by atoms with Crippen molar-refractivity contribution in [1.29, 1.82) is 0 Å². The first-order valence-electron chi connectivity index (χ1n) is 9.42. The van der Waals surface area contributed by atoms with Crippen molar-refractivity contribution in [2.45, 2.75) is 65.7 Å². The number of hydrogen-bond acceptors (Lipinski definition) is 3. The Morgan fingerprint density at radius 1 is 1.13 bits per heavy atom. The number of aliphatic hydroxyl groups excluding tert-OH is 3. The number of rotatable bonds is 6. The van der Waals surface area contributed by atoms with Gasteiger partial charge in [-0.05, 0) is 72.7 Å². The quantitative estimate of drug-likeness (QED) is 0.655. The van der Waals surface area contributed by atoms with Gasteiger partial charge in [-0.2, -0.15) is 0 Å². The molecule has 0 aliphatic heterocycles. The molecule has 5 atom stereocenters. The molecule has 0 amide bonds. The summed E-state index contributed by atoms with van der Waals surface area (Å²) in [6.07, 6.45) is 9.83. The van der Waals surface area contributed by atoms with Crippen LogP contribution in [-0.2, 0) is 0 Å².